The van der Waals surface area contributed by atoms with Crippen LogP contribution in [0.25, 0.3) is 0 Å². The highest BCUT2D eigenvalue weighted by molar-refractivity contribution is 5.85. The Balaban J connectivity index is -0.00000000500. The number of hydrogen-bond acceptors (Lipinski definition) is 2. The Morgan fingerprint density at radius 2 is 0.833 bits per heavy atom. The number of hydrogen-bond donors (Lipinski definition) is 2. The summed E-state index contributed by atoms with van der Waals surface area (Å²) < 4.78 is 0. The molecule has 0 fully saturated rings. The lowest BCUT2D eigenvalue weighted by molar-refractivity contribution is 1.26. The van der Waals surface area contributed by atoms with E-state index in [4.69, 9.17) is 0 Å². The van der Waals surface area contributed by atoms with Crippen LogP contribution in [0.5, 0.6) is 0 Å². The van der Waals surface area contributed by atoms with E-state index >= 15 is 0 Å². The summed E-state index contributed by atoms with van der Waals surface area (Å²) in [5.41, 5.74) is 0. The normalized spacial score (nSPS) is 1.67. The molecule has 0 amide bonds. The van der Waals surface area contributed by atoms with E-state index in [-0.39, 0.29) is 24.8 Å². The molecule has 0 rings (SSSR count). The van der Waals surface area contributed by atoms with Gasteiger partial charge in [0, 0.05) is 0 Å². The van der Waals surface area contributed by atoms with Gasteiger partial charge in [-0.25, -0.2) is 0 Å². The summed E-state index contributed by atoms with van der Waals surface area (Å²) in [7, 11) is 0. The van der Waals surface area contributed by atoms with Gasteiger partial charge in [-0.3, -0.25) is 11.7 Å². The van der Waals surface area contributed by atoms with Crippen LogP contribution in [0.15, 0.2) is 13.2 Å². The lowest BCUT2D eigenvalue weighted by atomic mass is 11.3. The van der Waals surface area contributed by atoms with E-state index < -0.39 is 0 Å². The van der Waals surface area contributed by atoms with Crippen LogP contribution in [0.2, 0.25) is 0 Å². The monoisotopic (exact) mass is 132 g/mol. The average molecular weight is 133 g/mol. The zero-order valence-electron chi connectivity index (χ0n) is 3.39. The molecular formula is C2H10Cl2N2. The number of halogens is 2. The van der Waals surface area contributed by atoms with Crippen molar-refractivity contribution in [3.63, 3.8) is 0 Å². The largest absolute Gasteiger partial charge is 0.274 e. The molecule has 0 heterocycles. The molecule has 4 heteroatoms. The van der Waals surface area contributed by atoms with Crippen molar-refractivity contribution in [2.75, 3.05) is 0 Å². The third kappa shape index (κ3) is 773. The van der Waals surface area contributed by atoms with Crippen molar-refractivity contribution in [1.29, 1.82) is 0 Å². The number of hydrazine groups is 1. The van der Waals surface area contributed by atoms with Crippen molar-refractivity contribution in [2.45, 2.75) is 0 Å². The van der Waals surface area contributed by atoms with Crippen LogP contribution in [0.3, 0.4) is 0 Å². The van der Waals surface area contributed by atoms with Gasteiger partial charge in [0.2, 0.25) is 0 Å². The summed E-state index contributed by atoms with van der Waals surface area (Å²) in [6.45, 7) is 6.00. The lowest BCUT2D eigenvalue weighted by Crippen LogP contribution is -2.02. The number of rotatable bonds is 0. The molecule has 0 bridgehead atoms. The third-order valence-electron chi connectivity index (χ3n) is 0. The Kier molecular flexibility index (Phi) is 9310. The minimum Gasteiger partial charge on any atom is -0.274 e. The molecule has 4 N–H and O–H groups in total. The van der Waals surface area contributed by atoms with E-state index in [0.29, 0.717) is 0 Å². The maximum absolute atomic E-state index is 4.00. The van der Waals surface area contributed by atoms with Crippen molar-refractivity contribution in [3.05, 3.63) is 13.2 Å². The predicted octanol–water partition coefficient (Wildman–Crippen LogP) is 0.465. The van der Waals surface area contributed by atoms with E-state index in [1.807, 2.05) is 0 Å². The molecule has 0 aromatic carbocycles. The van der Waals surface area contributed by atoms with E-state index in [9.17, 15) is 0 Å². The Bertz CT molecular complexity index is 9.51. The summed E-state index contributed by atoms with van der Waals surface area (Å²) in [6.07, 6.45) is 0. The van der Waals surface area contributed by atoms with Gasteiger partial charge in [0.15, 0.2) is 0 Å². The highest BCUT2D eigenvalue weighted by Crippen LogP contribution is 0.862. The van der Waals surface area contributed by atoms with Crippen LogP contribution < -0.4 is 11.7 Å². The molecule has 0 atom stereocenters. The fourth-order valence-corrected chi connectivity index (χ4v) is 0. The molecule has 0 radical (unpaired) electrons. The topological polar surface area (TPSA) is 52.0 Å². The maximum Gasteiger partial charge on any atom is -0.106 e. The first-order valence-electron chi connectivity index (χ1n) is 0.833. The van der Waals surface area contributed by atoms with Crippen molar-refractivity contribution >= 4 is 24.8 Å². The minimum atomic E-state index is 0. The highest BCUT2D eigenvalue weighted by atomic mass is 35.5. The smallest absolute Gasteiger partial charge is 0.106 e. The zero-order valence-corrected chi connectivity index (χ0v) is 5.02. The molecule has 0 aliphatic heterocycles. The van der Waals surface area contributed by atoms with E-state index in [1.165, 1.54) is 0 Å². The molecule has 6 heavy (non-hydrogen) atoms. The maximum atomic E-state index is 4.00. The summed E-state index contributed by atoms with van der Waals surface area (Å²) >= 11 is 0. The van der Waals surface area contributed by atoms with Crippen LogP contribution in [0.1, 0.15) is 0 Å². The molecule has 0 saturated carbocycles. The van der Waals surface area contributed by atoms with Gasteiger partial charge in [0.25, 0.3) is 0 Å². The summed E-state index contributed by atoms with van der Waals surface area (Å²) in [4.78, 5) is 0. The fourth-order valence-electron chi connectivity index (χ4n) is 0. The van der Waals surface area contributed by atoms with Crippen molar-refractivity contribution in [2.24, 2.45) is 11.7 Å². The van der Waals surface area contributed by atoms with Crippen molar-refractivity contribution in [1.82, 2.24) is 0 Å². The van der Waals surface area contributed by atoms with E-state index in [2.05, 4.69) is 24.8 Å². The van der Waals surface area contributed by atoms with E-state index in [0.717, 1.165) is 0 Å². The van der Waals surface area contributed by atoms with E-state index in [1.54, 1.807) is 0 Å². The van der Waals surface area contributed by atoms with Crippen LogP contribution in [-0.2, 0) is 0 Å². The van der Waals surface area contributed by atoms with Gasteiger partial charge in [0.1, 0.15) is 0 Å². The Labute approximate surface area is 50.4 Å². The van der Waals surface area contributed by atoms with Gasteiger partial charge in [-0.15, -0.1) is 38.0 Å². The second kappa shape index (κ2) is 1640. The SMILES string of the molecule is C=C.Cl.Cl.NN. The second-order valence-corrected chi connectivity index (χ2v) is 0. The fraction of sp³-hybridized carbons (Fsp3) is 0. The van der Waals surface area contributed by atoms with Gasteiger partial charge in [-0.1, -0.05) is 0 Å². The quantitative estimate of drug-likeness (QED) is 0.286. The Morgan fingerprint density at radius 1 is 0.833 bits per heavy atom. The highest BCUT2D eigenvalue weighted by Gasteiger charge is 0.726. The molecule has 0 aromatic rings. The first kappa shape index (κ1) is 34.1. The molecule has 0 aliphatic carbocycles. The second-order valence-electron chi connectivity index (χ2n) is 0. The Morgan fingerprint density at radius 3 is 0.833 bits per heavy atom. The average Bonchev–Trinajstić information content (AvgIpc) is 1.50. The summed E-state index contributed by atoms with van der Waals surface area (Å²) in [5, 5.41) is 0. The molecule has 0 unspecified atom stereocenters. The predicted molar refractivity (Wildman–Crippen MR) is 34.1 cm³/mol. The number of nitrogens with two attached hydrogens (primary N) is 2. The van der Waals surface area contributed by atoms with Crippen molar-refractivity contribution in [3.8, 4) is 0 Å². The molecule has 0 saturated heterocycles. The van der Waals surface area contributed by atoms with Gasteiger partial charge >= 0.3 is 0 Å². The van der Waals surface area contributed by atoms with Crippen LogP contribution in [0, 0.1) is 0 Å². The lowest BCUT2D eigenvalue weighted by Gasteiger charge is -1.27. The van der Waals surface area contributed by atoms with Gasteiger partial charge in [-0.2, -0.15) is 0 Å². The molecule has 42 valence electrons. The molecule has 0 aromatic heterocycles. The van der Waals surface area contributed by atoms with Crippen LogP contribution in [0.4, 0.5) is 0 Å². The third-order valence-corrected chi connectivity index (χ3v) is 0. The molecule has 2 nitrogen and oxygen atoms in total. The minimum absolute atomic E-state index is 0. The molecule has 0 aliphatic rings. The molecular weight excluding hydrogens is 123 g/mol. The summed E-state index contributed by atoms with van der Waals surface area (Å²) in [5.74, 6) is 8.00. The molecule has 0 spiro atoms. The van der Waals surface area contributed by atoms with Gasteiger partial charge in [-0.05, 0) is 0 Å². The first-order chi connectivity index (χ1) is 2.00. The van der Waals surface area contributed by atoms with Gasteiger partial charge < -0.3 is 0 Å². The first-order valence-corrected chi connectivity index (χ1v) is 0.833. The zero-order chi connectivity index (χ0) is 4.00. The standard InChI is InChI=1S/C2H4.2ClH.H4N2/c1-2;;;1-2/h1-2H2;2*1H;1-2H2. The van der Waals surface area contributed by atoms with Crippen LogP contribution in [-0.4, -0.2) is 0 Å². The van der Waals surface area contributed by atoms with Crippen LogP contribution >= 0.6 is 24.8 Å². The van der Waals surface area contributed by atoms with Crippen molar-refractivity contribution < 1.29 is 0 Å². The van der Waals surface area contributed by atoms with Gasteiger partial charge in [0.05, 0.1) is 0 Å². The summed E-state index contributed by atoms with van der Waals surface area (Å²) in [6, 6.07) is 0. The Hall–Kier alpha value is 0.240.